The van der Waals surface area contributed by atoms with E-state index in [-0.39, 0.29) is 78.5 Å². The van der Waals surface area contributed by atoms with Gasteiger partial charge in [-0.05, 0) is 25.7 Å². The molecule has 8 N–H and O–H groups in total. The highest BCUT2D eigenvalue weighted by molar-refractivity contribution is 5.82. The van der Waals surface area contributed by atoms with Crippen LogP contribution in [0.4, 0.5) is 35.1 Å². The van der Waals surface area contributed by atoms with E-state index >= 15 is 0 Å². The summed E-state index contributed by atoms with van der Waals surface area (Å²) in [4.78, 5) is 45.0. The molecule has 480 valence electrons. The van der Waals surface area contributed by atoms with E-state index in [1.807, 2.05) is 0 Å². The molecule has 0 aliphatic rings. The number of ether oxygens (including phenoxy) is 12. The summed E-state index contributed by atoms with van der Waals surface area (Å²) in [5, 5.41) is 75.1. The molecule has 24 nitrogen and oxygen atoms in total. The second kappa shape index (κ2) is 44.2. The van der Waals surface area contributed by atoms with Crippen molar-refractivity contribution in [3.8, 4) is 0 Å². The van der Waals surface area contributed by atoms with Crippen LogP contribution in [0.2, 0.25) is 0 Å². The van der Waals surface area contributed by atoms with Gasteiger partial charge < -0.3 is 97.7 Å². The number of carbonyl (C=O) groups excluding carboxylic acids is 4. The van der Waals surface area contributed by atoms with Crippen molar-refractivity contribution < 1.29 is 152 Å². The average molecular weight is 1220 g/mol. The molecule has 0 aromatic carbocycles. The maximum Gasteiger partial charge on any atom is 0.358 e. The van der Waals surface area contributed by atoms with Gasteiger partial charge in [-0.15, -0.1) is 0 Å². The normalized spacial score (nSPS) is 14.4. The van der Waals surface area contributed by atoms with E-state index in [4.69, 9.17) is 58.3 Å². The third-order valence-electron chi connectivity index (χ3n) is 10.2. The number of carbonyl (C=O) groups is 4. The molecule has 32 heteroatoms. The molecule has 0 aromatic rings. The maximum atomic E-state index is 14.9. The van der Waals surface area contributed by atoms with Crippen LogP contribution in [0.1, 0.15) is 51.4 Å². The zero-order valence-electron chi connectivity index (χ0n) is 45.4. The molecular formula is C50H80F8O24. The first-order chi connectivity index (χ1) is 38.5. The van der Waals surface area contributed by atoms with Crippen molar-refractivity contribution in [1.82, 2.24) is 0 Å². The molecule has 4 unspecified atom stereocenters. The Kier molecular flexibility index (Phi) is 42.9. The van der Waals surface area contributed by atoms with Crippen molar-refractivity contribution in [2.45, 2.75) is 100 Å². The molecule has 0 saturated heterocycles. The first-order valence-electron chi connectivity index (χ1n) is 25.2. The van der Waals surface area contributed by atoms with Gasteiger partial charge in [0.2, 0.25) is 0 Å². The van der Waals surface area contributed by atoms with Crippen LogP contribution in [0.5, 0.6) is 0 Å². The molecule has 0 amide bonds. The Bertz CT molecular complexity index is 1660. The van der Waals surface area contributed by atoms with E-state index in [2.05, 4.69) is 45.3 Å². The van der Waals surface area contributed by atoms with Gasteiger partial charge in [0.15, 0.2) is 0 Å². The Hall–Kier alpha value is -4.36. The van der Waals surface area contributed by atoms with Gasteiger partial charge in [0.1, 0.15) is 26.4 Å². The van der Waals surface area contributed by atoms with Crippen molar-refractivity contribution >= 4 is 23.9 Å². The van der Waals surface area contributed by atoms with Gasteiger partial charge in [-0.25, -0.2) is 19.2 Å². The molecule has 0 aliphatic heterocycles. The smallest absolute Gasteiger partial charge is 0.358 e. The highest BCUT2D eigenvalue weighted by atomic mass is 19.3. The number of halogens is 8. The molecule has 0 rings (SSSR count). The van der Waals surface area contributed by atoms with E-state index in [9.17, 15) is 74.7 Å². The SMILES string of the molecule is C=CC(=O)OCC(O)CCOCC(COCCC(O)COC(=O)C=C)(COC(F)(F)CC(O)COC(=O)C=C)COC(F)(F)CC(O)COC(=O)C=C.OCCCOCC(COCCCO)(COC(F)(F)CCO)COC(F)(F)CCO. The number of alkyl halides is 8. The fraction of sp³-hybridized carbons (Fsp3) is 0.760. The van der Waals surface area contributed by atoms with Crippen LogP contribution < -0.4 is 0 Å². The Morgan fingerprint density at radius 1 is 0.378 bits per heavy atom. The largest absolute Gasteiger partial charge is 0.460 e. The van der Waals surface area contributed by atoms with Crippen LogP contribution in [-0.2, 0) is 76.0 Å². The number of aliphatic hydroxyl groups is 8. The number of hydrogen-bond donors (Lipinski definition) is 8. The van der Waals surface area contributed by atoms with Crippen molar-refractivity contribution in [3.05, 3.63) is 50.6 Å². The van der Waals surface area contributed by atoms with Gasteiger partial charge in [0.25, 0.3) is 0 Å². The zero-order chi connectivity index (χ0) is 62.7. The van der Waals surface area contributed by atoms with Crippen LogP contribution >= 0.6 is 0 Å². The van der Waals surface area contributed by atoms with E-state index in [1.165, 1.54) is 0 Å². The van der Waals surface area contributed by atoms with Crippen LogP contribution in [0.25, 0.3) is 0 Å². The lowest BCUT2D eigenvalue weighted by Gasteiger charge is -2.36. The first kappa shape index (κ1) is 79.7. The number of hydrogen-bond acceptors (Lipinski definition) is 24. The van der Waals surface area contributed by atoms with Crippen molar-refractivity contribution in [2.75, 3.05) is 132 Å². The molecule has 0 aliphatic carbocycles. The Balaban J connectivity index is 0. The summed E-state index contributed by atoms with van der Waals surface area (Å²) in [7, 11) is 0. The second-order valence-electron chi connectivity index (χ2n) is 18.0. The maximum absolute atomic E-state index is 14.9. The molecule has 0 bridgehead atoms. The predicted molar refractivity (Wildman–Crippen MR) is 266 cm³/mol. The fourth-order valence-electron chi connectivity index (χ4n) is 5.77. The molecular weight excluding hydrogens is 1140 g/mol. The Morgan fingerprint density at radius 2 is 0.634 bits per heavy atom. The van der Waals surface area contributed by atoms with E-state index in [0.29, 0.717) is 0 Å². The lowest BCUT2D eigenvalue weighted by molar-refractivity contribution is -0.298. The summed E-state index contributed by atoms with van der Waals surface area (Å²) >= 11 is 0. The van der Waals surface area contributed by atoms with Gasteiger partial charge in [-0.3, -0.25) is 0 Å². The number of aliphatic hydroxyl groups excluding tert-OH is 8. The van der Waals surface area contributed by atoms with Gasteiger partial charge >= 0.3 is 48.3 Å². The minimum absolute atomic E-state index is 0.0367. The van der Waals surface area contributed by atoms with E-state index < -0.39 is 189 Å². The highest BCUT2D eigenvalue weighted by Gasteiger charge is 2.45. The van der Waals surface area contributed by atoms with Gasteiger partial charge in [0, 0.05) is 63.9 Å². The minimum Gasteiger partial charge on any atom is -0.460 e. The minimum atomic E-state index is -4.17. The molecule has 0 spiro atoms. The fourth-order valence-corrected chi connectivity index (χ4v) is 5.77. The quantitative estimate of drug-likeness (QED) is 0.0142. The summed E-state index contributed by atoms with van der Waals surface area (Å²) in [6, 6.07) is 0. The summed E-state index contributed by atoms with van der Waals surface area (Å²) < 4.78 is 173. The second-order valence-corrected chi connectivity index (χ2v) is 18.0. The first-order valence-corrected chi connectivity index (χ1v) is 25.2. The summed E-state index contributed by atoms with van der Waals surface area (Å²) in [6.45, 7) is 1.29. The average Bonchev–Trinajstić information content (AvgIpc) is 3.44. The number of esters is 4. The Morgan fingerprint density at radius 3 is 0.890 bits per heavy atom. The summed E-state index contributed by atoms with van der Waals surface area (Å²) in [5.41, 5.74) is -3.61. The molecule has 0 heterocycles. The monoisotopic (exact) mass is 1220 g/mol. The lowest BCUT2D eigenvalue weighted by atomic mass is 9.92. The molecule has 0 radical (unpaired) electrons. The third kappa shape index (κ3) is 42.4. The van der Waals surface area contributed by atoms with Gasteiger partial charge in [-0.2, -0.15) is 35.1 Å². The van der Waals surface area contributed by atoms with Crippen molar-refractivity contribution in [2.24, 2.45) is 10.8 Å². The standard InChI is InChI=1S/C33H48F4O16.C17H32F4O8/c1-5-27(42)48-15-23(38)9-11-46-19-31(20-47-12-10-24(39)16-49-28(43)6-2,21-52-32(34,35)13-25(40)17-50-29(44)7-3)22-53-33(36,37)14-26(41)18-51-30(45)8-4;18-16(19,3-7-24)28-13-15(11-26-9-1-5-22,12-27-10-2-6-23)14-29-17(20,21)4-8-25/h5-8,23-26,38-41H,1-4,9-22H2;22-25H,1-14H2. The van der Waals surface area contributed by atoms with E-state index in [0.717, 1.165) is 24.3 Å². The predicted octanol–water partition coefficient (Wildman–Crippen LogP) is 1.90. The van der Waals surface area contributed by atoms with E-state index in [1.54, 1.807) is 0 Å². The van der Waals surface area contributed by atoms with Crippen LogP contribution in [0.15, 0.2) is 50.6 Å². The number of rotatable bonds is 52. The van der Waals surface area contributed by atoms with Crippen molar-refractivity contribution in [3.63, 3.8) is 0 Å². The zero-order valence-corrected chi connectivity index (χ0v) is 45.4. The lowest BCUT2D eigenvalue weighted by Crippen LogP contribution is -2.46. The Labute approximate surface area is 469 Å². The molecule has 0 fully saturated rings. The molecule has 82 heavy (non-hydrogen) atoms. The van der Waals surface area contributed by atoms with Gasteiger partial charge in [0.05, 0.1) is 127 Å². The van der Waals surface area contributed by atoms with Crippen LogP contribution in [0.3, 0.4) is 0 Å². The van der Waals surface area contributed by atoms with Crippen LogP contribution in [-0.4, -0.2) is 246 Å². The highest BCUT2D eigenvalue weighted by Crippen LogP contribution is 2.33. The molecule has 0 aromatic heterocycles. The molecule has 4 atom stereocenters. The molecule has 0 saturated carbocycles. The third-order valence-corrected chi connectivity index (χ3v) is 10.2. The summed E-state index contributed by atoms with van der Waals surface area (Å²) in [6.07, 6.45) is -23.7. The summed E-state index contributed by atoms with van der Waals surface area (Å²) in [5.74, 6) is -3.66. The topological polar surface area (TPSA) is 341 Å². The van der Waals surface area contributed by atoms with Crippen LogP contribution in [0, 0.1) is 10.8 Å². The van der Waals surface area contributed by atoms with Gasteiger partial charge in [-0.1, -0.05) is 26.3 Å². The van der Waals surface area contributed by atoms with Crippen molar-refractivity contribution in [1.29, 1.82) is 0 Å².